The van der Waals surface area contributed by atoms with Gasteiger partial charge in [0.15, 0.2) is 0 Å². The molecule has 2 amide bonds. The lowest BCUT2D eigenvalue weighted by atomic mass is 10.1. The predicted molar refractivity (Wildman–Crippen MR) is 96.7 cm³/mol. The topological polar surface area (TPSA) is 49.4 Å². The van der Waals surface area contributed by atoms with Crippen molar-refractivity contribution in [3.63, 3.8) is 0 Å². The van der Waals surface area contributed by atoms with E-state index in [1.165, 1.54) is 18.2 Å². The van der Waals surface area contributed by atoms with Gasteiger partial charge < -0.3 is 10.2 Å². The molecule has 1 atom stereocenters. The van der Waals surface area contributed by atoms with E-state index in [0.717, 1.165) is 5.56 Å². The van der Waals surface area contributed by atoms with Gasteiger partial charge in [-0.25, -0.2) is 4.39 Å². The molecule has 130 valence electrons. The highest BCUT2D eigenvalue weighted by Gasteiger charge is 2.35. The molecule has 0 aromatic heterocycles. The van der Waals surface area contributed by atoms with Crippen LogP contribution in [0.3, 0.4) is 0 Å². The van der Waals surface area contributed by atoms with Crippen molar-refractivity contribution in [3.8, 4) is 0 Å². The van der Waals surface area contributed by atoms with Crippen LogP contribution in [0.15, 0.2) is 36.4 Å². The molecular weight excluding hydrogens is 366 g/mol. The van der Waals surface area contributed by atoms with Crippen LogP contribution in [0, 0.1) is 18.7 Å². The second-order valence-electron chi connectivity index (χ2n) is 5.91. The Labute approximate surface area is 154 Å². The number of benzene rings is 2. The zero-order chi connectivity index (χ0) is 18.1. The number of hydrogen-bond acceptors (Lipinski definition) is 2. The molecule has 25 heavy (non-hydrogen) atoms. The molecule has 2 aromatic carbocycles. The van der Waals surface area contributed by atoms with E-state index < -0.39 is 11.7 Å². The minimum absolute atomic E-state index is 0.0727. The van der Waals surface area contributed by atoms with Crippen molar-refractivity contribution in [1.82, 2.24) is 0 Å². The van der Waals surface area contributed by atoms with Gasteiger partial charge in [0.1, 0.15) is 5.82 Å². The molecule has 1 aliphatic heterocycles. The van der Waals surface area contributed by atoms with E-state index in [4.69, 9.17) is 23.2 Å². The van der Waals surface area contributed by atoms with Gasteiger partial charge in [0.2, 0.25) is 11.8 Å². The van der Waals surface area contributed by atoms with E-state index in [-0.39, 0.29) is 29.8 Å². The molecule has 7 heteroatoms. The highest BCUT2D eigenvalue weighted by atomic mass is 35.5. The van der Waals surface area contributed by atoms with Gasteiger partial charge in [0, 0.05) is 29.4 Å². The van der Waals surface area contributed by atoms with Crippen molar-refractivity contribution in [1.29, 1.82) is 0 Å². The van der Waals surface area contributed by atoms with Gasteiger partial charge in [0.25, 0.3) is 0 Å². The Morgan fingerprint density at radius 3 is 2.72 bits per heavy atom. The Morgan fingerprint density at radius 1 is 1.24 bits per heavy atom. The predicted octanol–water partition coefficient (Wildman–Crippen LogP) is 4.43. The molecule has 1 unspecified atom stereocenters. The Balaban J connectivity index is 1.74. The first kappa shape index (κ1) is 17.7. The lowest BCUT2D eigenvalue weighted by Gasteiger charge is -2.19. The molecule has 0 saturated carbocycles. The second kappa shape index (κ2) is 7.02. The smallest absolute Gasteiger partial charge is 0.229 e. The summed E-state index contributed by atoms with van der Waals surface area (Å²) < 4.78 is 13.2. The molecule has 1 fully saturated rings. The largest absolute Gasteiger partial charge is 0.326 e. The zero-order valence-electron chi connectivity index (χ0n) is 13.4. The fourth-order valence-corrected chi connectivity index (χ4v) is 3.17. The lowest BCUT2D eigenvalue weighted by molar-refractivity contribution is -0.122. The van der Waals surface area contributed by atoms with Crippen molar-refractivity contribution >= 4 is 46.4 Å². The van der Waals surface area contributed by atoms with Crippen molar-refractivity contribution in [2.75, 3.05) is 16.8 Å². The summed E-state index contributed by atoms with van der Waals surface area (Å²) in [4.78, 5) is 26.3. The number of anilines is 2. The van der Waals surface area contributed by atoms with Crippen LogP contribution in [0.4, 0.5) is 15.8 Å². The van der Waals surface area contributed by atoms with E-state index in [2.05, 4.69) is 5.32 Å². The fraction of sp³-hybridized carbons (Fsp3) is 0.222. The molecular formula is C18H15Cl2FN2O2. The molecule has 0 spiro atoms. The number of hydrogen-bond donors (Lipinski definition) is 1. The van der Waals surface area contributed by atoms with E-state index in [1.807, 2.05) is 6.92 Å². The van der Waals surface area contributed by atoms with Crippen molar-refractivity contribution in [2.24, 2.45) is 5.92 Å². The van der Waals surface area contributed by atoms with Crippen LogP contribution in [-0.2, 0) is 9.59 Å². The maximum atomic E-state index is 13.2. The average molecular weight is 381 g/mol. The number of amides is 2. The van der Waals surface area contributed by atoms with E-state index in [1.54, 1.807) is 23.1 Å². The van der Waals surface area contributed by atoms with Crippen LogP contribution in [0.25, 0.3) is 0 Å². The summed E-state index contributed by atoms with van der Waals surface area (Å²) in [6.07, 6.45) is 0.104. The maximum absolute atomic E-state index is 13.2. The van der Waals surface area contributed by atoms with E-state index in [9.17, 15) is 14.0 Å². The summed E-state index contributed by atoms with van der Waals surface area (Å²) >= 11 is 11.8. The number of nitrogens with one attached hydrogen (secondary N) is 1. The third-order valence-electron chi connectivity index (χ3n) is 4.21. The molecule has 0 aliphatic carbocycles. The Bertz CT molecular complexity index is 857. The number of carbonyl (C=O) groups is 2. The minimum atomic E-state index is -0.557. The van der Waals surface area contributed by atoms with Crippen LogP contribution in [0.5, 0.6) is 0 Å². The summed E-state index contributed by atoms with van der Waals surface area (Å²) in [5, 5.41) is 3.17. The van der Waals surface area contributed by atoms with E-state index in [0.29, 0.717) is 16.4 Å². The van der Waals surface area contributed by atoms with Gasteiger partial charge in [-0.1, -0.05) is 29.3 Å². The quantitative estimate of drug-likeness (QED) is 0.855. The SMILES string of the molecule is Cc1c(Cl)cccc1N1CC(C(=O)Nc2ccc(F)c(Cl)c2)CC1=O. The van der Waals surface area contributed by atoms with Gasteiger partial charge in [-0.3, -0.25) is 9.59 Å². The first-order chi connectivity index (χ1) is 11.9. The van der Waals surface area contributed by atoms with Gasteiger partial charge in [-0.2, -0.15) is 0 Å². The number of nitrogens with zero attached hydrogens (tertiary/aromatic N) is 1. The molecule has 1 aliphatic rings. The summed E-state index contributed by atoms with van der Waals surface area (Å²) in [7, 11) is 0. The highest BCUT2D eigenvalue weighted by molar-refractivity contribution is 6.32. The Hall–Kier alpha value is -2.11. The van der Waals surface area contributed by atoms with Crippen LogP contribution in [0.2, 0.25) is 10.0 Å². The summed E-state index contributed by atoms with van der Waals surface area (Å²) in [6, 6.07) is 9.27. The van der Waals surface area contributed by atoms with Crippen molar-refractivity contribution in [2.45, 2.75) is 13.3 Å². The highest BCUT2D eigenvalue weighted by Crippen LogP contribution is 2.32. The minimum Gasteiger partial charge on any atom is -0.326 e. The number of halogens is 3. The van der Waals surface area contributed by atoms with Crippen molar-refractivity contribution in [3.05, 3.63) is 57.8 Å². The maximum Gasteiger partial charge on any atom is 0.229 e. The summed E-state index contributed by atoms with van der Waals surface area (Å²) in [5.41, 5.74) is 1.89. The molecule has 0 radical (unpaired) electrons. The molecule has 4 nitrogen and oxygen atoms in total. The number of rotatable bonds is 3. The lowest BCUT2D eigenvalue weighted by Crippen LogP contribution is -2.28. The van der Waals surface area contributed by atoms with Gasteiger partial charge in [-0.05, 0) is 42.8 Å². The standard InChI is InChI=1S/C18H15Cl2FN2O2/c1-10-13(19)3-2-4-16(10)23-9-11(7-17(23)24)18(25)22-12-5-6-15(21)14(20)8-12/h2-6,8,11H,7,9H2,1H3,(H,22,25). The second-order valence-corrected chi connectivity index (χ2v) is 6.72. The molecule has 1 heterocycles. The molecule has 3 rings (SSSR count). The fourth-order valence-electron chi connectivity index (χ4n) is 2.82. The van der Waals surface area contributed by atoms with E-state index >= 15 is 0 Å². The first-order valence-electron chi connectivity index (χ1n) is 7.68. The normalized spacial score (nSPS) is 17.0. The molecule has 1 saturated heterocycles. The zero-order valence-corrected chi connectivity index (χ0v) is 14.9. The van der Waals surface area contributed by atoms with Crippen LogP contribution < -0.4 is 10.2 Å². The summed E-state index contributed by atoms with van der Waals surface area (Å²) in [6.45, 7) is 2.10. The van der Waals surface area contributed by atoms with Crippen LogP contribution in [0.1, 0.15) is 12.0 Å². The third-order valence-corrected chi connectivity index (χ3v) is 4.91. The molecule has 0 bridgehead atoms. The number of carbonyl (C=O) groups excluding carboxylic acids is 2. The van der Waals surface area contributed by atoms with Crippen LogP contribution in [-0.4, -0.2) is 18.4 Å². The monoisotopic (exact) mass is 380 g/mol. The summed E-state index contributed by atoms with van der Waals surface area (Å²) in [5.74, 6) is -1.51. The molecule has 1 N–H and O–H groups in total. The van der Waals surface area contributed by atoms with Crippen molar-refractivity contribution < 1.29 is 14.0 Å². The van der Waals surface area contributed by atoms with Gasteiger partial charge >= 0.3 is 0 Å². The first-order valence-corrected chi connectivity index (χ1v) is 8.44. The Morgan fingerprint density at radius 2 is 2.00 bits per heavy atom. The van der Waals surface area contributed by atoms with Crippen LogP contribution >= 0.6 is 23.2 Å². The average Bonchev–Trinajstić information content (AvgIpc) is 2.95. The Kier molecular flexibility index (Phi) is 4.97. The molecule has 2 aromatic rings. The van der Waals surface area contributed by atoms with Gasteiger partial charge in [0.05, 0.1) is 10.9 Å². The van der Waals surface area contributed by atoms with Gasteiger partial charge in [-0.15, -0.1) is 0 Å². The third kappa shape index (κ3) is 3.62.